The minimum atomic E-state index is -0.150. The zero-order valence-corrected chi connectivity index (χ0v) is 8.22. The van der Waals surface area contributed by atoms with Crippen molar-refractivity contribution in [3.63, 3.8) is 0 Å². The van der Waals surface area contributed by atoms with E-state index in [-0.39, 0.29) is 5.54 Å². The molecule has 1 saturated heterocycles. The van der Waals surface area contributed by atoms with Crippen LogP contribution < -0.4 is 5.73 Å². The largest absolute Gasteiger partial charge is 0.358 e. The molecule has 1 fully saturated rings. The van der Waals surface area contributed by atoms with E-state index < -0.39 is 0 Å². The van der Waals surface area contributed by atoms with Crippen LogP contribution in [0.5, 0.6) is 0 Å². The molecule has 12 heavy (non-hydrogen) atoms. The summed E-state index contributed by atoms with van der Waals surface area (Å²) in [6.07, 6.45) is 1.71. The summed E-state index contributed by atoms with van der Waals surface area (Å²) in [5.74, 6) is 0.696. The van der Waals surface area contributed by atoms with E-state index in [9.17, 15) is 0 Å². The Hall–Kier alpha value is -0.570. The van der Waals surface area contributed by atoms with Gasteiger partial charge >= 0.3 is 0 Å². The zero-order chi connectivity index (χ0) is 9.35. The van der Waals surface area contributed by atoms with Crippen molar-refractivity contribution in [2.75, 3.05) is 6.54 Å². The van der Waals surface area contributed by atoms with Gasteiger partial charge in [0.05, 0.1) is 5.84 Å². The third kappa shape index (κ3) is 1.97. The van der Waals surface area contributed by atoms with Crippen LogP contribution in [0.2, 0.25) is 0 Å². The van der Waals surface area contributed by atoms with Crippen molar-refractivity contribution in [2.45, 2.75) is 45.2 Å². The quantitative estimate of drug-likeness (QED) is 0.619. The molecule has 0 aromatic rings. The number of hydrogen-bond donors (Lipinski definition) is 2. The fourth-order valence-corrected chi connectivity index (χ4v) is 1.65. The summed E-state index contributed by atoms with van der Waals surface area (Å²) in [4.78, 5) is 2.12. The van der Waals surface area contributed by atoms with E-state index in [4.69, 9.17) is 11.1 Å². The average molecular weight is 169 g/mol. The number of nitrogens with two attached hydrogens (primary N) is 1. The molecule has 0 radical (unpaired) electrons. The van der Waals surface area contributed by atoms with E-state index in [0.717, 1.165) is 13.0 Å². The van der Waals surface area contributed by atoms with Crippen LogP contribution in [0, 0.1) is 5.41 Å². The molecule has 0 aromatic heterocycles. The lowest BCUT2D eigenvalue weighted by Crippen LogP contribution is -2.52. The Bertz CT molecular complexity index is 184. The SMILES string of the molecule is CC(C)N1CCC(C)(N)CC1=N. The summed E-state index contributed by atoms with van der Waals surface area (Å²) in [6, 6.07) is 0.439. The second-order valence-corrected chi connectivity index (χ2v) is 4.31. The molecule has 70 valence electrons. The molecule has 0 saturated carbocycles. The molecule has 1 aliphatic heterocycles. The lowest BCUT2D eigenvalue weighted by Gasteiger charge is -2.40. The fourth-order valence-electron chi connectivity index (χ4n) is 1.65. The van der Waals surface area contributed by atoms with Crippen molar-refractivity contribution in [3.05, 3.63) is 0 Å². The lowest BCUT2D eigenvalue weighted by molar-refractivity contribution is 0.256. The summed E-state index contributed by atoms with van der Waals surface area (Å²) < 4.78 is 0. The Balaban J connectivity index is 2.60. The van der Waals surface area contributed by atoms with E-state index in [0.29, 0.717) is 18.3 Å². The maximum atomic E-state index is 7.78. The van der Waals surface area contributed by atoms with Crippen molar-refractivity contribution < 1.29 is 0 Å². The number of amidine groups is 1. The minimum Gasteiger partial charge on any atom is -0.358 e. The van der Waals surface area contributed by atoms with Crippen LogP contribution >= 0.6 is 0 Å². The van der Waals surface area contributed by atoms with Gasteiger partial charge in [-0.2, -0.15) is 0 Å². The van der Waals surface area contributed by atoms with Gasteiger partial charge in [-0.05, 0) is 27.2 Å². The van der Waals surface area contributed by atoms with Crippen LogP contribution in [-0.2, 0) is 0 Å². The molecule has 0 spiro atoms. The number of nitrogens with one attached hydrogen (secondary N) is 1. The van der Waals surface area contributed by atoms with Gasteiger partial charge < -0.3 is 10.6 Å². The maximum absolute atomic E-state index is 7.78. The van der Waals surface area contributed by atoms with E-state index in [1.165, 1.54) is 0 Å². The molecule has 1 aliphatic rings. The van der Waals surface area contributed by atoms with Crippen LogP contribution in [-0.4, -0.2) is 28.9 Å². The number of likely N-dealkylation sites (tertiary alicyclic amines) is 1. The lowest BCUT2D eigenvalue weighted by atomic mass is 9.89. The molecule has 3 heteroatoms. The summed E-state index contributed by atoms with van der Waals surface area (Å²) >= 11 is 0. The highest BCUT2D eigenvalue weighted by Gasteiger charge is 2.30. The van der Waals surface area contributed by atoms with Crippen molar-refractivity contribution in [2.24, 2.45) is 5.73 Å². The van der Waals surface area contributed by atoms with Gasteiger partial charge in [0.2, 0.25) is 0 Å². The van der Waals surface area contributed by atoms with Gasteiger partial charge in [-0.25, -0.2) is 0 Å². The number of piperidine rings is 1. The number of rotatable bonds is 1. The summed E-state index contributed by atoms with van der Waals surface area (Å²) in [5.41, 5.74) is 5.81. The van der Waals surface area contributed by atoms with Gasteiger partial charge in [0.15, 0.2) is 0 Å². The Morgan fingerprint density at radius 3 is 2.58 bits per heavy atom. The predicted molar refractivity (Wildman–Crippen MR) is 51.4 cm³/mol. The van der Waals surface area contributed by atoms with E-state index in [1.54, 1.807) is 0 Å². The average Bonchev–Trinajstić information content (AvgIpc) is 1.83. The second-order valence-electron chi connectivity index (χ2n) is 4.31. The Kier molecular flexibility index (Phi) is 2.42. The Morgan fingerprint density at radius 2 is 2.17 bits per heavy atom. The first-order chi connectivity index (χ1) is 5.42. The van der Waals surface area contributed by atoms with Gasteiger partial charge in [0.25, 0.3) is 0 Å². The first-order valence-electron chi connectivity index (χ1n) is 4.55. The first-order valence-corrected chi connectivity index (χ1v) is 4.55. The maximum Gasteiger partial charge on any atom is 0.0978 e. The van der Waals surface area contributed by atoms with Crippen molar-refractivity contribution in [1.29, 1.82) is 5.41 Å². The molecule has 3 nitrogen and oxygen atoms in total. The summed E-state index contributed by atoms with van der Waals surface area (Å²) in [6.45, 7) is 7.20. The van der Waals surface area contributed by atoms with Gasteiger partial charge in [0, 0.05) is 24.5 Å². The highest BCUT2D eigenvalue weighted by Crippen LogP contribution is 2.21. The number of nitrogens with zero attached hydrogens (tertiary/aromatic N) is 1. The van der Waals surface area contributed by atoms with E-state index in [1.807, 2.05) is 6.92 Å². The smallest absolute Gasteiger partial charge is 0.0978 e. The summed E-state index contributed by atoms with van der Waals surface area (Å²) in [5, 5.41) is 7.78. The van der Waals surface area contributed by atoms with Gasteiger partial charge in [-0.3, -0.25) is 5.41 Å². The number of hydrogen-bond acceptors (Lipinski definition) is 2. The van der Waals surface area contributed by atoms with Crippen LogP contribution in [0.15, 0.2) is 0 Å². The molecule has 0 aliphatic carbocycles. The van der Waals surface area contributed by atoms with Crippen LogP contribution in [0.4, 0.5) is 0 Å². The Morgan fingerprint density at radius 1 is 1.58 bits per heavy atom. The monoisotopic (exact) mass is 169 g/mol. The molecule has 1 unspecified atom stereocenters. The van der Waals surface area contributed by atoms with Crippen LogP contribution in [0.1, 0.15) is 33.6 Å². The highest BCUT2D eigenvalue weighted by molar-refractivity contribution is 5.81. The van der Waals surface area contributed by atoms with Gasteiger partial charge in [-0.1, -0.05) is 0 Å². The topological polar surface area (TPSA) is 53.1 Å². The molecule has 1 atom stereocenters. The molecular formula is C9H19N3. The van der Waals surface area contributed by atoms with Crippen LogP contribution in [0.25, 0.3) is 0 Å². The molecule has 0 bridgehead atoms. The first kappa shape index (κ1) is 9.52. The van der Waals surface area contributed by atoms with Crippen molar-refractivity contribution in [1.82, 2.24) is 4.90 Å². The molecular weight excluding hydrogens is 150 g/mol. The zero-order valence-electron chi connectivity index (χ0n) is 8.22. The standard InChI is InChI=1S/C9H19N3/c1-7(2)12-5-4-9(3,11)6-8(12)10/h7,10H,4-6,11H2,1-3H3. The molecule has 3 N–H and O–H groups in total. The Labute approximate surface area is 74.4 Å². The normalized spacial score (nSPS) is 31.4. The highest BCUT2D eigenvalue weighted by atomic mass is 15.2. The van der Waals surface area contributed by atoms with E-state index >= 15 is 0 Å². The molecule has 0 aromatic carbocycles. The van der Waals surface area contributed by atoms with E-state index in [2.05, 4.69) is 18.7 Å². The third-order valence-corrected chi connectivity index (χ3v) is 2.47. The molecule has 1 rings (SSSR count). The van der Waals surface area contributed by atoms with Crippen LogP contribution in [0.3, 0.4) is 0 Å². The fraction of sp³-hybridized carbons (Fsp3) is 0.889. The molecule has 1 heterocycles. The second kappa shape index (κ2) is 3.05. The van der Waals surface area contributed by atoms with Crippen molar-refractivity contribution >= 4 is 5.84 Å². The minimum absolute atomic E-state index is 0.150. The third-order valence-electron chi connectivity index (χ3n) is 2.47. The van der Waals surface area contributed by atoms with Gasteiger partial charge in [-0.15, -0.1) is 0 Å². The molecule has 0 amide bonds. The summed E-state index contributed by atoms with van der Waals surface area (Å²) in [7, 11) is 0. The van der Waals surface area contributed by atoms with Gasteiger partial charge in [0.1, 0.15) is 0 Å². The predicted octanol–water partition coefficient (Wildman–Crippen LogP) is 1.19. The van der Waals surface area contributed by atoms with Crippen molar-refractivity contribution in [3.8, 4) is 0 Å².